The highest BCUT2D eigenvalue weighted by molar-refractivity contribution is 5.78. The van der Waals surface area contributed by atoms with E-state index in [1.54, 1.807) is 19.1 Å². The summed E-state index contributed by atoms with van der Waals surface area (Å²) in [5, 5.41) is 12.9. The number of rotatable bonds is 8. The number of nitrogens with zero attached hydrogens (tertiary/aromatic N) is 1. The van der Waals surface area contributed by atoms with Gasteiger partial charge < -0.3 is 14.4 Å². The normalized spacial score (nSPS) is 11.8. The number of aryl methyl sites for hydroxylation is 1. The van der Waals surface area contributed by atoms with Crippen LogP contribution in [-0.2, 0) is 27.2 Å². The van der Waals surface area contributed by atoms with Gasteiger partial charge in [-0.15, -0.1) is 0 Å². The molecule has 0 amide bonds. The minimum absolute atomic E-state index is 0.0365. The lowest BCUT2D eigenvalue weighted by Gasteiger charge is -2.14. The van der Waals surface area contributed by atoms with Gasteiger partial charge in [0.15, 0.2) is 5.76 Å². The Morgan fingerprint density at radius 1 is 0.944 bits per heavy atom. The molecule has 36 heavy (non-hydrogen) atoms. The molecule has 1 unspecified atom stereocenters. The Balaban J connectivity index is 1.48. The van der Waals surface area contributed by atoms with Gasteiger partial charge in [-0.3, -0.25) is 9.59 Å². The second-order valence-corrected chi connectivity index (χ2v) is 8.40. The summed E-state index contributed by atoms with van der Waals surface area (Å²) < 4.78 is 38.3. The first-order valence-electron chi connectivity index (χ1n) is 11.2. The quantitative estimate of drug-likeness (QED) is 0.301. The lowest BCUT2D eigenvalue weighted by atomic mass is 9.99. The number of aromatic nitrogens is 1. The Labute approximate surface area is 206 Å². The number of ether oxygens (including phenoxy) is 1. The molecule has 1 atom stereocenters. The minimum atomic E-state index is -0.974. The van der Waals surface area contributed by atoms with Crippen LogP contribution in [0.4, 0.5) is 8.78 Å². The maximum atomic E-state index is 14.0. The van der Waals surface area contributed by atoms with E-state index in [4.69, 9.17) is 14.4 Å². The molecule has 0 aliphatic heterocycles. The van der Waals surface area contributed by atoms with Gasteiger partial charge in [-0.05, 0) is 48.7 Å². The van der Waals surface area contributed by atoms with E-state index in [1.807, 2.05) is 36.4 Å². The number of carbonyl (C=O) groups is 2. The van der Waals surface area contributed by atoms with E-state index in [9.17, 15) is 18.4 Å². The SMILES string of the molecule is Cc1noc(-c2ccc(-c3ccc(CC(=O)O)cc3)cc2)c1CC(=O)OC(C)c1cc(F)ccc1F. The summed E-state index contributed by atoms with van der Waals surface area (Å²) in [5.41, 5.74) is 4.27. The maximum Gasteiger partial charge on any atom is 0.311 e. The van der Waals surface area contributed by atoms with Gasteiger partial charge >= 0.3 is 11.9 Å². The fraction of sp³-hybridized carbons (Fsp3) is 0.179. The van der Waals surface area contributed by atoms with Crippen LogP contribution < -0.4 is 0 Å². The molecule has 1 aromatic heterocycles. The van der Waals surface area contributed by atoms with Crippen molar-refractivity contribution in [2.75, 3.05) is 0 Å². The van der Waals surface area contributed by atoms with Crippen LogP contribution in [0.3, 0.4) is 0 Å². The van der Waals surface area contributed by atoms with Crippen molar-refractivity contribution in [3.05, 3.63) is 101 Å². The Morgan fingerprint density at radius 3 is 2.19 bits per heavy atom. The first-order chi connectivity index (χ1) is 17.2. The van der Waals surface area contributed by atoms with E-state index in [1.165, 1.54) is 6.92 Å². The van der Waals surface area contributed by atoms with Crippen molar-refractivity contribution >= 4 is 11.9 Å². The first-order valence-corrected chi connectivity index (χ1v) is 11.2. The van der Waals surface area contributed by atoms with Crippen LogP contribution >= 0.6 is 0 Å². The van der Waals surface area contributed by atoms with Gasteiger partial charge in [-0.1, -0.05) is 53.7 Å². The molecule has 0 saturated heterocycles. The summed E-state index contributed by atoms with van der Waals surface area (Å²) in [6.45, 7) is 3.18. The highest BCUT2D eigenvalue weighted by atomic mass is 19.1. The van der Waals surface area contributed by atoms with E-state index in [-0.39, 0.29) is 18.4 Å². The molecule has 1 N–H and O–H groups in total. The molecule has 0 saturated carbocycles. The number of hydrogen-bond acceptors (Lipinski definition) is 5. The lowest BCUT2D eigenvalue weighted by molar-refractivity contribution is -0.148. The molecule has 0 aliphatic rings. The van der Waals surface area contributed by atoms with Gasteiger partial charge in [0, 0.05) is 16.7 Å². The summed E-state index contributed by atoms with van der Waals surface area (Å²) in [6, 6.07) is 17.7. The third kappa shape index (κ3) is 5.66. The Morgan fingerprint density at radius 2 is 1.56 bits per heavy atom. The molecule has 184 valence electrons. The third-order valence-corrected chi connectivity index (χ3v) is 5.80. The van der Waals surface area contributed by atoms with E-state index >= 15 is 0 Å². The number of carboxylic acid groups (broad SMARTS) is 1. The largest absolute Gasteiger partial charge is 0.481 e. The van der Waals surface area contributed by atoms with Crippen LogP contribution in [0.1, 0.15) is 35.4 Å². The topological polar surface area (TPSA) is 89.6 Å². The van der Waals surface area contributed by atoms with Crippen LogP contribution in [0.15, 0.2) is 71.3 Å². The van der Waals surface area contributed by atoms with Crippen molar-refractivity contribution < 1.29 is 32.7 Å². The molecule has 4 rings (SSSR count). The van der Waals surface area contributed by atoms with Crippen LogP contribution in [0.5, 0.6) is 0 Å². The second-order valence-electron chi connectivity index (χ2n) is 8.40. The molecule has 3 aromatic carbocycles. The number of esters is 1. The molecule has 0 radical (unpaired) electrons. The Hall–Kier alpha value is -4.33. The zero-order valence-electron chi connectivity index (χ0n) is 19.6. The zero-order valence-corrected chi connectivity index (χ0v) is 19.6. The number of carboxylic acids is 1. The molecular formula is C28H23F2NO5. The zero-order chi connectivity index (χ0) is 25.8. The Bertz CT molecular complexity index is 1390. The maximum absolute atomic E-state index is 14.0. The van der Waals surface area contributed by atoms with Gasteiger partial charge in [-0.2, -0.15) is 0 Å². The summed E-state index contributed by atoms with van der Waals surface area (Å²) >= 11 is 0. The molecule has 0 spiro atoms. The van der Waals surface area contributed by atoms with Gasteiger partial charge in [0.05, 0.1) is 18.5 Å². The molecule has 0 fully saturated rings. The summed E-state index contributed by atoms with van der Waals surface area (Å²) in [6.07, 6.45) is -1.16. The molecule has 6 nitrogen and oxygen atoms in total. The number of benzene rings is 3. The fourth-order valence-electron chi connectivity index (χ4n) is 3.90. The van der Waals surface area contributed by atoms with Crippen molar-refractivity contribution in [1.29, 1.82) is 0 Å². The molecule has 0 aliphatic carbocycles. The van der Waals surface area contributed by atoms with Crippen molar-refractivity contribution in [1.82, 2.24) is 5.16 Å². The van der Waals surface area contributed by atoms with Crippen molar-refractivity contribution in [2.24, 2.45) is 0 Å². The predicted octanol–water partition coefficient (Wildman–Crippen LogP) is 6.07. The highest BCUT2D eigenvalue weighted by Crippen LogP contribution is 2.30. The molecule has 0 bridgehead atoms. The molecule has 8 heteroatoms. The molecule has 4 aromatic rings. The third-order valence-electron chi connectivity index (χ3n) is 5.80. The first kappa shape index (κ1) is 24.8. The number of halogens is 2. The van der Waals surface area contributed by atoms with E-state index in [2.05, 4.69) is 5.16 Å². The standard InChI is InChI=1S/C28H23F2NO5/c1-16-23(15-27(34)35-17(2)24-14-22(29)11-12-25(24)30)28(36-31-16)21-9-7-20(8-10-21)19-5-3-18(4-6-19)13-26(32)33/h3-12,14,17H,13,15H2,1-2H3,(H,32,33). The smallest absolute Gasteiger partial charge is 0.311 e. The minimum Gasteiger partial charge on any atom is -0.481 e. The van der Waals surface area contributed by atoms with Crippen LogP contribution in [0.25, 0.3) is 22.5 Å². The summed E-state index contributed by atoms with van der Waals surface area (Å²) in [7, 11) is 0. The summed E-state index contributed by atoms with van der Waals surface area (Å²) in [4.78, 5) is 23.5. The second kappa shape index (κ2) is 10.5. The average Bonchev–Trinajstić information content (AvgIpc) is 3.20. The van der Waals surface area contributed by atoms with Gasteiger partial charge in [0.1, 0.15) is 17.7 Å². The number of carbonyl (C=O) groups excluding carboxylic acids is 1. The summed E-state index contributed by atoms with van der Waals surface area (Å²) in [5.74, 6) is -2.37. The van der Waals surface area contributed by atoms with E-state index < -0.39 is 29.7 Å². The monoisotopic (exact) mass is 491 g/mol. The van der Waals surface area contributed by atoms with E-state index in [0.29, 0.717) is 28.1 Å². The lowest BCUT2D eigenvalue weighted by Crippen LogP contribution is -2.13. The molecular weight excluding hydrogens is 468 g/mol. The number of aliphatic carboxylic acids is 1. The predicted molar refractivity (Wildman–Crippen MR) is 128 cm³/mol. The van der Waals surface area contributed by atoms with Gasteiger partial charge in [-0.25, -0.2) is 8.78 Å². The average molecular weight is 491 g/mol. The van der Waals surface area contributed by atoms with Crippen LogP contribution in [0.2, 0.25) is 0 Å². The van der Waals surface area contributed by atoms with Gasteiger partial charge in [0.25, 0.3) is 0 Å². The highest BCUT2D eigenvalue weighted by Gasteiger charge is 2.22. The van der Waals surface area contributed by atoms with Gasteiger partial charge in [0.2, 0.25) is 0 Å². The van der Waals surface area contributed by atoms with Crippen molar-refractivity contribution in [3.8, 4) is 22.5 Å². The van der Waals surface area contributed by atoms with Crippen LogP contribution in [0, 0.1) is 18.6 Å². The fourth-order valence-corrected chi connectivity index (χ4v) is 3.90. The number of hydrogen-bond donors (Lipinski definition) is 1. The van der Waals surface area contributed by atoms with Crippen LogP contribution in [-0.4, -0.2) is 22.2 Å². The van der Waals surface area contributed by atoms with Crippen molar-refractivity contribution in [3.63, 3.8) is 0 Å². The van der Waals surface area contributed by atoms with Crippen molar-refractivity contribution in [2.45, 2.75) is 32.8 Å². The van der Waals surface area contributed by atoms with E-state index in [0.717, 1.165) is 29.3 Å². The molecule has 1 heterocycles. The Kier molecular flexibility index (Phi) is 7.24.